The van der Waals surface area contributed by atoms with E-state index in [4.69, 9.17) is 4.74 Å². The summed E-state index contributed by atoms with van der Waals surface area (Å²) in [6.07, 6.45) is 6.44. The number of hydrogen-bond acceptors (Lipinski definition) is 4. The number of aromatic nitrogens is 2. The van der Waals surface area contributed by atoms with Crippen LogP contribution in [0.2, 0.25) is 0 Å². The molecule has 7 heteroatoms. The fourth-order valence-corrected chi connectivity index (χ4v) is 3.82. The van der Waals surface area contributed by atoms with E-state index >= 15 is 0 Å². The third-order valence-electron chi connectivity index (χ3n) is 5.52. The van der Waals surface area contributed by atoms with E-state index < -0.39 is 5.60 Å². The van der Waals surface area contributed by atoms with Gasteiger partial charge in [-0.05, 0) is 24.8 Å². The Bertz CT molecular complexity index is 621. The fraction of sp³-hybridized carbons (Fsp3) is 0.737. The summed E-state index contributed by atoms with van der Waals surface area (Å²) in [5.74, 6) is 0.666. The van der Waals surface area contributed by atoms with E-state index in [1.54, 1.807) is 10.9 Å². The van der Waals surface area contributed by atoms with Crippen LogP contribution in [0.3, 0.4) is 0 Å². The molecule has 0 radical (unpaired) electrons. The molecule has 2 aliphatic rings. The molecule has 0 unspecified atom stereocenters. The summed E-state index contributed by atoms with van der Waals surface area (Å²) in [6, 6.07) is 1.58. The van der Waals surface area contributed by atoms with Gasteiger partial charge >= 0.3 is 6.09 Å². The van der Waals surface area contributed by atoms with Gasteiger partial charge in [-0.2, -0.15) is 5.10 Å². The molecule has 0 saturated carbocycles. The summed E-state index contributed by atoms with van der Waals surface area (Å²) >= 11 is 0. The summed E-state index contributed by atoms with van der Waals surface area (Å²) in [4.78, 5) is 28.8. The lowest BCUT2D eigenvalue weighted by Crippen LogP contribution is -2.50. The van der Waals surface area contributed by atoms with Gasteiger partial charge < -0.3 is 14.5 Å². The highest BCUT2D eigenvalue weighted by Gasteiger charge is 2.47. The Kier molecular flexibility index (Phi) is 5.53. The van der Waals surface area contributed by atoms with Crippen LogP contribution in [0.15, 0.2) is 18.5 Å². The van der Waals surface area contributed by atoms with Crippen LogP contribution in [0.25, 0.3) is 0 Å². The lowest BCUT2D eigenvalue weighted by molar-refractivity contribution is -0.138. The van der Waals surface area contributed by atoms with Gasteiger partial charge in [-0.15, -0.1) is 0 Å². The number of nitrogens with zero attached hydrogens (tertiary/aromatic N) is 4. The quantitative estimate of drug-likeness (QED) is 0.780. The number of carbonyl (C=O) groups is 2. The second-order valence-electron chi connectivity index (χ2n) is 7.89. The summed E-state index contributed by atoms with van der Waals surface area (Å²) in [5, 5.41) is 4.22. The van der Waals surface area contributed by atoms with Crippen molar-refractivity contribution in [1.82, 2.24) is 19.6 Å². The third-order valence-corrected chi connectivity index (χ3v) is 5.52. The smallest absolute Gasteiger partial charge is 0.410 e. The minimum atomic E-state index is -0.418. The van der Waals surface area contributed by atoms with Crippen LogP contribution >= 0.6 is 0 Å². The molecule has 0 aromatic carbocycles. The van der Waals surface area contributed by atoms with Crippen molar-refractivity contribution in [1.29, 1.82) is 0 Å². The maximum absolute atomic E-state index is 12.9. The molecule has 3 rings (SSSR count). The Morgan fingerprint density at radius 2 is 2.08 bits per heavy atom. The second kappa shape index (κ2) is 7.68. The molecule has 2 amide bonds. The van der Waals surface area contributed by atoms with Crippen molar-refractivity contribution < 1.29 is 14.3 Å². The third kappa shape index (κ3) is 3.86. The molecule has 2 saturated heterocycles. The first-order chi connectivity index (χ1) is 12.4. The maximum atomic E-state index is 12.9. The van der Waals surface area contributed by atoms with Gasteiger partial charge in [-0.25, -0.2) is 4.79 Å². The minimum Gasteiger partial charge on any atom is -0.441 e. The fourth-order valence-electron chi connectivity index (χ4n) is 3.82. The van der Waals surface area contributed by atoms with Gasteiger partial charge in [0.05, 0.1) is 6.54 Å². The van der Waals surface area contributed by atoms with Gasteiger partial charge in [0.15, 0.2) is 0 Å². The van der Waals surface area contributed by atoms with Gasteiger partial charge in [0, 0.05) is 44.9 Å². The molecule has 1 aromatic heterocycles. The highest BCUT2D eigenvalue weighted by molar-refractivity contribution is 5.80. The van der Waals surface area contributed by atoms with Crippen molar-refractivity contribution in [3.8, 4) is 0 Å². The van der Waals surface area contributed by atoms with Crippen molar-refractivity contribution in [2.24, 2.45) is 5.92 Å². The SMILES string of the molecule is CC[C@@H](C(=O)N1CCC2(CC1)CN(CCC(C)C)C(=O)O2)n1cccn1. The van der Waals surface area contributed by atoms with Crippen LogP contribution in [-0.4, -0.2) is 63.4 Å². The molecule has 1 aromatic rings. The van der Waals surface area contributed by atoms with E-state index in [0.29, 0.717) is 44.8 Å². The summed E-state index contributed by atoms with van der Waals surface area (Å²) < 4.78 is 7.49. The summed E-state index contributed by atoms with van der Waals surface area (Å²) in [5.41, 5.74) is -0.418. The Morgan fingerprint density at radius 3 is 2.65 bits per heavy atom. The van der Waals surface area contributed by atoms with Crippen LogP contribution in [0, 0.1) is 5.92 Å². The Labute approximate surface area is 155 Å². The van der Waals surface area contributed by atoms with Gasteiger partial charge in [0.1, 0.15) is 11.6 Å². The van der Waals surface area contributed by atoms with E-state index in [1.165, 1.54) is 0 Å². The largest absolute Gasteiger partial charge is 0.441 e. The first-order valence-electron chi connectivity index (χ1n) is 9.70. The number of piperidine rings is 1. The normalized spacial score (nSPS) is 20.7. The first kappa shape index (κ1) is 18.7. The molecule has 3 heterocycles. The standard InChI is InChI=1S/C19H30N4O3/c1-4-16(23-10-5-9-20-23)17(24)21-12-7-19(8-13-21)14-22(18(25)26-19)11-6-15(2)3/h5,9-10,15-16H,4,6-8,11-14H2,1-3H3/t16-/m0/s1. The van der Waals surface area contributed by atoms with Crippen molar-refractivity contribution in [2.75, 3.05) is 26.2 Å². The number of rotatable bonds is 6. The van der Waals surface area contributed by atoms with Crippen LogP contribution < -0.4 is 0 Å². The Morgan fingerprint density at radius 1 is 1.35 bits per heavy atom. The number of hydrogen-bond donors (Lipinski definition) is 0. The van der Waals surface area contributed by atoms with Gasteiger partial charge in [0.2, 0.25) is 5.91 Å². The van der Waals surface area contributed by atoms with Crippen molar-refractivity contribution >= 4 is 12.0 Å². The van der Waals surface area contributed by atoms with Crippen LogP contribution in [0.4, 0.5) is 4.79 Å². The molecule has 26 heavy (non-hydrogen) atoms. The molecule has 144 valence electrons. The van der Waals surface area contributed by atoms with Crippen LogP contribution in [0.5, 0.6) is 0 Å². The molecule has 2 aliphatic heterocycles. The van der Waals surface area contributed by atoms with Crippen LogP contribution in [-0.2, 0) is 9.53 Å². The molecule has 2 fully saturated rings. The highest BCUT2D eigenvalue weighted by Crippen LogP contribution is 2.34. The summed E-state index contributed by atoms with van der Waals surface area (Å²) in [6.45, 7) is 8.97. The molecule has 0 N–H and O–H groups in total. The molecule has 7 nitrogen and oxygen atoms in total. The predicted molar refractivity (Wildman–Crippen MR) is 97.6 cm³/mol. The van der Waals surface area contributed by atoms with E-state index in [1.807, 2.05) is 29.0 Å². The van der Waals surface area contributed by atoms with E-state index in [-0.39, 0.29) is 18.0 Å². The molecule has 1 spiro atoms. The van der Waals surface area contributed by atoms with Crippen molar-refractivity contribution in [3.63, 3.8) is 0 Å². The molecular formula is C19H30N4O3. The average molecular weight is 362 g/mol. The zero-order valence-electron chi connectivity index (χ0n) is 16.1. The van der Waals surface area contributed by atoms with E-state index in [0.717, 1.165) is 13.0 Å². The highest BCUT2D eigenvalue weighted by atomic mass is 16.6. The van der Waals surface area contributed by atoms with Crippen molar-refractivity contribution in [3.05, 3.63) is 18.5 Å². The minimum absolute atomic E-state index is 0.104. The van der Waals surface area contributed by atoms with Gasteiger partial charge in [-0.1, -0.05) is 20.8 Å². The first-order valence-corrected chi connectivity index (χ1v) is 9.70. The van der Waals surface area contributed by atoms with Crippen molar-refractivity contribution in [2.45, 2.75) is 58.1 Å². The predicted octanol–water partition coefficient (Wildman–Crippen LogP) is 2.69. The summed E-state index contributed by atoms with van der Waals surface area (Å²) in [7, 11) is 0. The Hall–Kier alpha value is -2.05. The zero-order chi connectivity index (χ0) is 18.7. The Balaban J connectivity index is 1.57. The number of amides is 2. The van der Waals surface area contributed by atoms with E-state index in [9.17, 15) is 9.59 Å². The van der Waals surface area contributed by atoms with Gasteiger partial charge in [-0.3, -0.25) is 9.48 Å². The van der Waals surface area contributed by atoms with Crippen LogP contribution in [0.1, 0.15) is 52.5 Å². The molecule has 0 bridgehead atoms. The second-order valence-corrected chi connectivity index (χ2v) is 7.89. The molecular weight excluding hydrogens is 332 g/mol. The lowest BCUT2D eigenvalue weighted by Gasteiger charge is -2.38. The monoisotopic (exact) mass is 362 g/mol. The molecule has 0 aliphatic carbocycles. The number of ether oxygens (including phenoxy) is 1. The maximum Gasteiger partial charge on any atom is 0.410 e. The number of carbonyl (C=O) groups excluding carboxylic acids is 2. The van der Waals surface area contributed by atoms with E-state index in [2.05, 4.69) is 18.9 Å². The number of likely N-dealkylation sites (tertiary alicyclic amines) is 1. The van der Waals surface area contributed by atoms with Gasteiger partial charge in [0.25, 0.3) is 0 Å². The molecule has 1 atom stereocenters. The average Bonchev–Trinajstić information content (AvgIpc) is 3.23. The zero-order valence-corrected chi connectivity index (χ0v) is 16.1. The lowest BCUT2D eigenvalue weighted by atomic mass is 9.90. The topological polar surface area (TPSA) is 67.7 Å².